The summed E-state index contributed by atoms with van der Waals surface area (Å²) in [5.41, 5.74) is 2.70. The van der Waals surface area contributed by atoms with Gasteiger partial charge in [0.2, 0.25) is 0 Å². The first kappa shape index (κ1) is 10.6. The van der Waals surface area contributed by atoms with Crippen molar-refractivity contribution in [3.05, 3.63) is 23.8 Å². The predicted octanol–water partition coefficient (Wildman–Crippen LogP) is 1.31. The molecule has 2 aromatic rings. The summed E-state index contributed by atoms with van der Waals surface area (Å²) in [4.78, 5) is 4.33. The minimum Gasteiger partial charge on any atom is -0.424 e. The largest absolute Gasteiger partial charge is 0.424 e. The van der Waals surface area contributed by atoms with E-state index in [4.69, 9.17) is 9.15 Å². The Morgan fingerprint density at radius 1 is 1.41 bits per heavy atom. The first-order chi connectivity index (χ1) is 8.22. The number of aliphatic hydroxyl groups excluding tert-OH is 1. The van der Waals surface area contributed by atoms with Crippen molar-refractivity contribution in [2.24, 2.45) is 0 Å². The second kappa shape index (κ2) is 4.01. The molecule has 1 aliphatic rings. The minimum atomic E-state index is -0.508. The average Bonchev–Trinajstić information content (AvgIpc) is 2.85. The van der Waals surface area contributed by atoms with Crippen LogP contribution >= 0.6 is 0 Å². The Bertz CT molecular complexity index is 538. The van der Waals surface area contributed by atoms with Crippen LogP contribution in [-0.2, 0) is 4.74 Å². The number of hydrogen-bond acceptors (Lipinski definition) is 5. The molecule has 1 aromatic heterocycles. The molecule has 17 heavy (non-hydrogen) atoms. The summed E-state index contributed by atoms with van der Waals surface area (Å²) in [5, 5.41) is 12.7. The Kier molecular flexibility index (Phi) is 2.49. The third-order valence-electron chi connectivity index (χ3n) is 2.90. The van der Waals surface area contributed by atoms with Crippen molar-refractivity contribution in [2.45, 2.75) is 19.1 Å². The van der Waals surface area contributed by atoms with Crippen molar-refractivity contribution >= 4 is 17.1 Å². The van der Waals surface area contributed by atoms with E-state index in [1.165, 1.54) is 0 Å². The molecule has 0 spiro atoms. The Balaban J connectivity index is 1.85. The highest BCUT2D eigenvalue weighted by atomic mass is 16.5. The van der Waals surface area contributed by atoms with Gasteiger partial charge in [-0.25, -0.2) is 0 Å². The number of aryl methyl sites for hydroxylation is 1. The summed E-state index contributed by atoms with van der Waals surface area (Å²) in [7, 11) is 0. The van der Waals surface area contributed by atoms with Crippen molar-refractivity contribution in [1.29, 1.82) is 0 Å². The maximum atomic E-state index is 9.61. The average molecular weight is 234 g/mol. The third kappa shape index (κ3) is 1.99. The van der Waals surface area contributed by atoms with E-state index < -0.39 is 6.10 Å². The van der Waals surface area contributed by atoms with E-state index in [1.807, 2.05) is 25.1 Å². The molecule has 1 fully saturated rings. The fourth-order valence-corrected chi connectivity index (χ4v) is 1.94. The van der Waals surface area contributed by atoms with E-state index >= 15 is 0 Å². The zero-order valence-corrected chi connectivity index (χ0v) is 9.51. The maximum absolute atomic E-state index is 9.61. The van der Waals surface area contributed by atoms with Gasteiger partial charge in [0.25, 0.3) is 6.01 Å². The molecule has 90 valence electrons. The smallest absolute Gasteiger partial charge is 0.296 e. The molecule has 1 aromatic carbocycles. The van der Waals surface area contributed by atoms with E-state index in [9.17, 15) is 5.11 Å². The van der Waals surface area contributed by atoms with Crippen molar-refractivity contribution in [3.63, 3.8) is 0 Å². The Labute approximate surface area is 98.4 Å². The Morgan fingerprint density at radius 3 is 3.06 bits per heavy atom. The molecule has 2 heterocycles. The number of ether oxygens (including phenoxy) is 1. The zero-order chi connectivity index (χ0) is 11.8. The molecule has 2 atom stereocenters. The zero-order valence-electron chi connectivity index (χ0n) is 9.51. The summed E-state index contributed by atoms with van der Waals surface area (Å²) in [6.07, 6.45) is -0.508. The molecule has 0 bridgehead atoms. The van der Waals surface area contributed by atoms with Crippen LogP contribution in [0.2, 0.25) is 0 Å². The van der Waals surface area contributed by atoms with Gasteiger partial charge in [-0.15, -0.1) is 0 Å². The predicted molar refractivity (Wildman–Crippen MR) is 63.0 cm³/mol. The van der Waals surface area contributed by atoms with Crippen LogP contribution < -0.4 is 5.32 Å². The van der Waals surface area contributed by atoms with Crippen LogP contribution in [0.3, 0.4) is 0 Å². The number of aliphatic hydroxyl groups is 1. The quantitative estimate of drug-likeness (QED) is 0.820. The highest BCUT2D eigenvalue weighted by Gasteiger charge is 2.27. The van der Waals surface area contributed by atoms with Gasteiger partial charge in [-0.05, 0) is 24.6 Å². The Morgan fingerprint density at radius 2 is 2.29 bits per heavy atom. The molecule has 0 aliphatic carbocycles. The topological polar surface area (TPSA) is 67.5 Å². The second-order valence-corrected chi connectivity index (χ2v) is 4.35. The molecule has 0 amide bonds. The fraction of sp³-hybridized carbons (Fsp3) is 0.417. The molecule has 1 saturated heterocycles. The molecular weight excluding hydrogens is 220 g/mol. The monoisotopic (exact) mass is 234 g/mol. The molecule has 3 rings (SSSR count). The molecular formula is C12H14N2O3. The van der Waals surface area contributed by atoms with Gasteiger partial charge in [-0.3, -0.25) is 0 Å². The SMILES string of the molecule is Cc1ccc2oc(N[C@@H]3COC[C@H]3O)nc2c1. The number of rotatable bonds is 2. The molecule has 5 heteroatoms. The molecule has 5 nitrogen and oxygen atoms in total. The van der Waals surface area contributed by atoms with Crippen molar-refractivity contribution in [1.82, 2.24) is 4.98 Å². The minimum absolute atomic E-state index is 0.149. The van der Waals surface area contributed by atoms with Gasteiger partial charge in [0, 0.05) is 0 Å². The highest BCUT2D eigenvalue weighted by molar-refractivity contribution is 5.75. The lowest BCUT2D eigenvalue weighted by Gasteiger charge is -2.11. The number of nitrogens with zero attached hydrogens (tertiary/aromatic N) is 1. The molecule has 0 saturated carbocycles. The number of oxazole rings is 1. The van der Waals surface area contributed by atoms with Gasteiger partial charge in [0.15, 0.2) is 5.58 Å². The van der Waals surface area contributed by atoms with Crippen LogP contribution in [0.5, 0.6) is 0 Å². The first-order valence-corrected chi connectivity index (χ1v) is 5.62. The summed E-state index contributed by atoms with van der Waals surface area (Å²) in [6.45, 7) is 2.84. The van der Waals surface area contributed by atoms with Gasteiger partial charge in [0.05, 0.1) is 25.4 Å². The number of benzene rings is 1. The summed E-state index contributed by atoms with van der Waals surface area (Å²) in [6, 6.07) is 6.12. The Hall–Kier alpha value is -1.59. The van der Waals surface area contributed by atoms with Crippen LogP contribution in [0.15, 0.2) is 22.6 Å². The lowest BCUT2D eigenvalue weighted by Crippen LogP contribution is -2.31. The van der Waals surface area contributed by atoms with E-state index in [-0.39, 0.29) is 6.04 Å². The van der Waals surface area contributed by atoms with Crippen molar-refractivity contribution in [2.75, 3.05) is 18.5 Å². The fourth-order valence-electron chi connectivity index (χ4n) is 1.94. The van der Waals surface area contributed by atoms with Crippen molar-refractivity contribution < 1.29 is 14.3 Å². The van der Waals surface area contributed by atoms with E-state index in [1.54, 1.807) is 0 Å². The second-order valence-electron chi connectivity index (χ2n) is 4.35. The van der Waals surface area contributed by atoms with Crippen LogP contribution in [0, 0.1) is 6.92 Å². The van der Waals surface area contributed by atoms with Crippen LogP contribution in [0.1, 0.15) is 5.56 Å². The van der Waals surface area contributed by atoms with E-state index in [0.29, 0.717) is 19.2 Å². The normalized spacial score (nSPS) is 24.4. The first-order valence-electron chi connectivity index (χ1n) is 5.62. The van der Waals surface area contributed by atoms with Crippen LogP contribution in [-0.4, -0.2) is 35.5 Å². The maximum Gasteiger partial charge on any atom is 0.296 e. The number of nitrogens with one attached hydrogen (secondary N) is 1. The lowest BCUT2D eigenvalue weighted by atomic mass is 10.2. The summed E-state index contributed by atoms with van der Waals surface area (Å²) < 4.78 is 10.7. The summed E-state index contributed by atoms with van der Waals surface area (Å²) >= 11 is 0. The lowest BCUT2D eigenvalue weighted by molar-refractivity contribution is 0.125. The molecule has 1 aliphatic heterocycles. The standard InChI is InChI=1S/C12H14N2O3/c1-7-2-3-11-8(4-7)13-12(17-11)14-9-5-16-6-10(9)15/h2-4,9-10,15H,5-6H2,1H3,(H,13,14)/t9-,10-/m1/s1. The van der Waals surface area contributed by atoms with Crippen LogP contribution in [0.25, 0.3) is 11.1 Å². The van der Waals surface area contributed by atoms with Gasteiger partial charge >= 0.3 is 0 Å². The molecule has 2 N–H and O–H groups in total. The molecule has 0 radical (unpaired) electrons. The number of anilines is 1. The van der Waals surface area contributed by atoms with Gasteiger partial charge < -0.3 is 19.6 Å². The van der Waals surface area contributed by atoms with Crippen LogP contribution in [0.4, 0.5) is 6.01 Å². The van der Waals surface area contributed by atoms with E-state index in [2.05, 4.69) is 10.3 Å². The van der Waals surface area contributed by atoms with Crippen molar-refractivity contribution in [3.8, 4) is 0 Å². The van der Waals surface area contributed by atoms with Gasteiger partial charge in [0.1, 0.15) is 5.52 Å². The highest BCUT2D eigenvalue weighted by Crippen LogP contribution is 2.21. The van der Waals surface area contributed by atoms with Gasteiger partial charge in [-0.1, -0.05) is 6.07 Å². The number of hydrogen-bond donors (Lipinski definition) is 2. The summed E-state index contributed by atoms with van der Waals surface area (Å²) in [5.74, 6) is 0. The van der Waals surface area contributed by atoms with E-state index in [0.717, 1.165) is 16.7 Å². The van der Waals surface area contributed by atoms with Gasteiger partial charge in [-0.2, -0.15) is 4.98 Å². The number of aromatic nitrogens is 1. The molecule has 0 unspecified atom stereocenters. The number of fused-ring (bicyclic) bond motifs is 1. The third-order valence-corrected chi connectivity index (χ3v) is 2.90.